The summed E-state index contributed by atoms with van der Waals surface area (Å²) in [5.41, 5.74) is 5.57. The van der Waals surface area contributed by atoms with E-state index in [0.717, 1.165) is 6.07 Å². The van der Waals surface area contributed by atoms with Gasteiger partial charge in [-0.05, 0) is 24.1 Å². The van der Waals surface area contributed by atoms with E-state index in [4.69, 9.17) is 29.6 Å². The molecule has 1 amide bonds. The second-order valence-corrected chi connectivity index (χ2v) is 5.15. The Hall–Kier alpha value is -1.20. The van der Waals surface area contributed by atoms with Crippen LogP contribution in [0, 0.1) is 17.7 Å². The van der Waals surface area contributed by atoms with E-state index in [2.05, 4.69) is 5.32 Å². The van der Waals surface area contributed by atoms with Crippen molar-refractivity contribution in [3.63, 3.8) is 0 Å². The lowest BCUT2D eigenvalue weighted by molar-refractivity contribution is -0.118. The first-order chi connectivity index (χ1) is 8.32. The normalized spacial score (nSPS) is 12.3. The van der Waals surface area contributed by atoms with Crippen molar-refractivity contribution >= 4 is 40.4 Å². The largest absolute Gasteiger partial charge is 0.393 e. The van der Waals surface area contributed by atoms with Crippen LogP contribution in [0.4, 0.5) is 10.1 Å². The van der Waals surface area contributed by atoms with Crippen LogP contribution in [0.2, 0.25) is 5.02 Å². The number of hydrogen-bond acceptors (Lipinski definition) is 2. The van der Waals surface area contributed by atoms with E-state index in [1.54, 1.807) is 0 Å². The molecule has 1 unspecified atom stereocenters. The monoisotopic (exact) mass is 288 g/mol. The van der Waals surface area contributed by atoms with Crippen LogP contribution in [0.15, 0.2) is 18.2 Å². The van der Waals surface area contributed by atoms with E-state index in [1.807, 2.05) is 13.8 Å². The number of amides is 1. The Kier molecular flexibility index (Phi) is 5.04. The van der Waals surface area contributed by atoms with Crippen molar-refractivity contribution < 1.29 is 9.18 Å². The molecule has 1 rings (SSSR count). The summed E-state index contributed by atoms with van der Waals surface area (Å²) in [5, 5.41) is 2.72. The number of carbonyl (C=O) groups excluding carboxylic acids is 1. The maximum Gasteiger partial charge on any atom is 0.234 e. The fourth-order valence-corrected chi connectivity index (χ4v) is 2.10. The number of halogens is 2. The number of benzene rings is 1. The molecule has 1 aromatic rings. The van der Waals surface area contributed by atoms with Crippen molar-refractivity contribution in [2.24, 2.45) is 17.6 Å². The zero-order chi connectivity index (χ0) is 13.9. The minimum absolute atomic E-state index is 0.0575. The van der Waals surface area contributed by atoms with E-state index in [0.29, 0.717) is 0 Å². The van der Waals surface area contributed by atoms with Crippen LogP contribution in [0.1, 0.15) is 13.8 Å². The Morgan fingerprint density at radius 3 is 2.56 bits per heavy atom. The Bertz CT molecular complexity index is 479. The fraction of sp³-hybridized carbons (Fsp3) is 0.333. The predicted octanol–water partition coefficient (Wildman–Crippen LogP) is 2.98. The molecular formula is C12H14ClFN2OS. The van der Waals surface area contributed by atoms with Gasteiger partial charge in [0.15, 0.2) is 0 Å². The molecule has 18 heavy (non-hydrogen) atoms. The smallest absolute Gasteiger partial charge is 0.234 e. The van der Waals surface area contributed by atoms with E-state index in [1.165, 1.54) is 12.1 Å². The van der Waals surface area contributed by atoms with Gasteiger partial charge in [0.2, 0.25) is 5.91 Å². The molecule has 0 aliphatic rings. The highest BCUT2D eigenvalue weighted by molar-refractivity contribution is 7.80. The van der Waals surface area contributed by atoms with E-state index in [9.17, 15) is 9.18 Å². The molecular weight excluding hydrogens is 275 g/mol. The summed E-state index contributed by atoms with van der Waals surface area (Å²) in [6.07, 6.45) is 0. The van der Waals surface area contributed by atoms with Crippen LogP contribution < -0.4 is 11.1 Å². The summed E-state index contributed by atoms with van der Waals surface area (Å²) in [4.78, 5) is 12.0. The molecule has 1 atom stereocenters. The summed E-state index contributed by atoms with van der Waals surface area (Å²) >= 11 is 10.5. The fourth-order valence-electron chi connectivity index (χ4n) is 1.56. The molecule has 0 saturated heterocycles. The summed E-state index contributed by atoms with van der Waals surface area (Å²) in [6.45, 7) is 3.64. The average Bonchev–Trinajstić information content (AvgIpc) is 2.21. The molecule has 98 valence electrons. The molecule has 0 bridgehead atoms. The molecule has 3 nitrogen and oxygen atoms in total. The lowest BCUT2D eigenvalue weighted by Crippen LogP contribution is -2.36. The summed E-state index contributed by atoms with van der Waals surface area (Å²) in [7, 11) is 0. The molecule has 0 aliphatic carbocycles. The van der Waals surface area contributed by atoms with Gasteiger partial charge < -0.3 is 11.1 Å². The van der Waals surface area contributed by atoms with Gasteiger partial charge in [-0.15, -0.1) is 0 Å². The van der Waals surface area contributed by atoms with E-state index >= 15 is 0 Å². The first-order valence-corrected chi connectivity index (χ1v) is 6.16. The molecule has 0 spiro atoms. The van der Waals surface area contributed by atoms with Crippen LogP contribution in [0.25, 0.3) is 0 Å². The molecule has 0 aliphatic heterocycles. The predicted molar refractivity (Wildman–Crippen MR) is 75.2 cm³/mol. The van der Waals surface area contributed by atoms with Gasteiger partial charge >= 0.3 is 0 Å². The number of carbonyl (C=O) groups is 1. The van der Waals surface area contributed by atoms with Gasteiger partial charge in [-0.2, -0.15) is 0 Å². The van der Waals surface area contributed by atoms with Gasteiger partial charge in [0.1, 0.15) is 5.82 Å². The first-order valence-electron chi connectivity index (χ1n) is 5.38. The van der Waals surface area contributed by atoms with Crippen molar-refractivity contribution in [3.05, 3.63) is 29.0 Å². The minimum Gasteiger partial charge on any atom is -0.393 e. The van der Waals surface area contributed by atoms with Gasteiger partial charge in [0, 0.05) is 5.02 Å². The van der Waals surface area contributed by atoms with Gasteiger partial charge in [-0.1, -0.05) is 37.7 Å². The highest BCUT2D eigenvalue weighted by Crippen LogP contribution is 2.21. The van der Waals surface area contributed by atoms with Crippen molar-refractivity contribution in [2.75, 3.05) is 5.32 Å². The first kappa shape index (κ1) is 14.9. The SMILES string of the molecule is CC(C)C(C(=O)Nc1ccc(Cl)cc1F)C(N)=S. The lowest BCUT2D eigenvalue weighted by Gasteiger charge is -2.19. The van der Waals surface area contributed by atoms with Crippen LogP contribution >= 0.6 is 23.8 Å². The maximum atomic E-state index is 13.5. The Labute approximate surface area is 115 Å². The second kappa shape index (κ2) is 6.11. The quantitative estimate of drug-likeness (QED) is 0.838. The number of hydrogen-bond donors (Lipinski definition) is 2. The second-order valence-electron chi connectivity index (χ2n) is 4.24. The average molecular weight is 289 g/mol. The summed E-state index contributed by atoms with van der Waals surface area (Å²) in [5.74, 6) is -1.70. The Morgan fingerprint density at radius 1 is 1.50 bits per heavy atom. The van der Waals surface area contributed by atoms with Crippen LogP contribution in [0.5, 0.6) is 0 Å². The van der Waals surface area contributed by atoms with Crippen molar-refractivity contribution in [3.8, 4) is 0 Å². The van der Waals surface area contributed by atoms with Gasteiger partial charge in [0.05, 0.1) is 16.6 Å². The van der Waals surface area contributed by atoms with Crippen LogP contribution in [-0.2, 0) is 4.79 Å². The molecule has 0 saturated carbocycles. The molecule has 6 heteroatoms. The third-order valence-electron chi connectivity index (χ3n) is 2.44. The van der Waals surface area contributed by atoms with Crippen molar-refractivity contribution in [2.45, 2.75) is 13.8 Å². The molecule has 0 fully saturated rings. The molecule has 3 N–H and O–H groups in total. The standard InChI is InChI=1S/C12H14ClFN2OS/c1-6(2)10(11(15)18)12(17)16-9-4-3-7(13)5-8(9)14/h3-6,10H,1-2H3,(H2,15,18)(H,16,17). The van der Waals surface area contributed by atoms with Gasteiger partial charge in [-0.3, -0.25) is 4.79 Å². The molecule has 0 radical (unpaired) electrons. The number of thiocarbonyl (C=S) groups is 1. The maximum absolute atomic E-state index is 13.5. The number of nitrogens with one attached hydrogen (secondary N) is 1. The molecule has 0 heterocycles. The third kappa shape index (κ3) is 3.65. The summed E-state index contributed by atoms with van der Waals surface area (Å²) < 4.78 is 13.5. The summed E-state index contributed by atoms with van der Waals surface area (Å²) in [6, 6.07) is 4.01. The highest BCUT2D eigenvalue weighted by atomic mass is 35.5. The molecule has 1 aromatic carbocycles. The third-order valence-corrected chi connectivity index (χ3v) is 2.93. The van der Waals surface area contributed by atoms with E-state index in [-0.39, 0.29) is 21.6 Å². The number of anilines is 1. The topological polar surface area (TPSA) is 55.1 Å². The number of nitrogens with two attached hydrogens (primary N) is 1. The lowest BCUT2D eigenvalue weighted by atomic mass is 9.95. The van der Waals surface area contributed by atoms with Crippen LogP contribution in [0.3, 0.4) is 0 Å². The number of rotatable bonds is 4. The zero-order valence-electron chi connectivity index (χ0n) is 10.0. The van der Waals surface area contributed by atoms with Gasteiger partial charge in [0.25, 0.3) is 0 Å². The van der Waals surface area contributed by atoms with Crippen LogP contribution in [-0.4, -0.2) is 10.9 Å². The molecule has 0 aromatic heterocycles. The zero-order valence-corrected chi connectivity index (χ0v) is 11.6. The Balaban J connectivity index is 2.89. The van der Waals surface area contributed by atoms with E-state index < -0.39 is 17.6 Å². The van der Waals surface area contributed by atoms with Crippen molar-refractivity contribution in [1.82, 2.24) is 0 Å². The minimum atomic E-state index is -0.630. The van der Waals surface area contributed by atoms with Crippen molar-refractivity contribution in [1.29, 1.82) is 0 Å². The van der Waals surface area contributed by atoms with Gasteiger partial charge in [-0.25, -0.2) is 4.39 Å². The highest BCUT2D eigenvalue weighted by Gasteiger charge is 2.25. The Morgan fingerprint density at radius 2 is 2.11 bits per heavy atom.